The molecule has 1 amide bonds. The molecule has 6 rings (SSSR count). The summed E-state index contributed by atoms with van der Waals surface area (Å²) in [6.45, 7) is 10.1. The monoisotopic (exact) mass is 666 g/mol. The number of benzene rings is 1. The molecular weight excluding hydrogens is 619 g/mol. The summed E-state index contributed by atoms with van der Waals surface area (Å²) in [5, 5.41) is 11.5. The molecule has 260 valence electrons. The fourth-order valence-corrected chi connectivity index (χ4v) is 9.95. The minimum Gasteiger partial charge on any atom is -0.444 e. The van der Waals surface area contributed by atoms with Crippen molar-refractivity contribution in [3.8, 4) is 0 Å². The van der Waals surface area contributed by atoms with Crippen LogP contribution in [0.2, 0.25) is 0 Å². The van der Waals surface area contributed by atoms with E-state index in [0.29, 0.717) is 58.4 Å². The quantitative estimate of drug-likeness (QED) is 0.337. The Morgan fingerprint density at radius 1 is 0.957 bits per heavy atom. The Balaban J connectivity index is 1.25. The summed E-state index contributed by atoms with van der Waals surface area (Å²) in [6.07, 6.45) is -2.60. The lowest BCUT2D eigenvalue weighted by molar-refractivity contribution is -0.364. The van der Waals surface area contributed by atoms with Crippen LogP contribution in [0.3, 0.4) is 0 Å². The molecule has 7 atom stereocenters. The number of nitrogens with zero attached hydrogens (tertiary/aromatic N) is 2. The summed E-state index contributed by atoms with van der Waals surface area (Å²) in [7, 11) is 0. The summed E-state index contributed by atoms with van der Waals surface area (Å²) in [5.41, 5.74) is -2.42. The first kappa shape index (κ1) is 34.3. The first-order valence-electron chi connectivity index (χ1n) is 17.0. The molecule has 0 spiro atoms. The number of aliphatic hydroxyl groups is 1. The van der Waals surface area contributed by atoms with E-state index in [1.165, 1.54) is 6.92 Å². The van der Waals surface area contributed by atoms with Gasteiger partial charge >= 0.3 is 18.2 Å². The van der Waals surface area contributed by atoms with Gasteiger partial charge in [-0.2, -0.15) is 22.0 Å². The topological polar surface area (TPSA) is 70.1 Å². The summed E-state index contributed by atoms with van der Waals surface area (Å²) in [5.74, 6) is -6.04. The van der Waals surface area contributed by atoms with Crippen LogP contribution in [0, 0.1) is 29.1 Å². The summed E-state index contributed by atoms with van der Waals surface area (Å²) in [4.78, 5) is 28.7. The summed E-state index contributed by atoms with van der Waals surface area (Å²) < 4.78 is 77.6. The van der Waals surface area contributed by atoms with E-state index in [0.717, 1.165) is 16.7 Å². The maximum atomic E-state index is 15.3. The second kappa shape index (κ2) is 11.8. The number of hydrogen-bond acceptors (Lipinski definition) is 5. The van der Waals surface area contributed by atoms with Crippen molar-refractivity contribution in [1.82, 2.24) is 9.80 Å². The third-order valence-corrected chi connectivity index (χ3v) is 12.2. The van der Waals surface area contributed by atoms with Crippen molar-refractivity contribution >= 4 is 11.9 Å². The van der Waals surface area contributed by atoms with Crippen LogP contribution in [0.15, 0.2) is 35.9 Å². The smallest absolute Gasteiger partial charge is 0.444 e. The van der Waals surface area contributed by atoms with E-state index in [4.69, 9.17) is 4.74 Å². The molecule has 1 N–H and O–H groups in total. The maximum Gasteiger partial charge on any atom is 0.456 e. The number of alkyl halides is 5. The third-order valence-electron chi connectivity index (χ3n) is 12.2. The highest BCUT2D eigenvalue weighted by Gasteiger charge is 2.79. The first-order valence-corrected chi connectivity index (χ1v) is 17.0. The molecule has 4 unspecified atom stereocenters. The minimum atomic E-state index is -5.86. The van der Waals surface area contributed by atoms with E-state index < -0.39 is 41.1 Å². The van der Waals surface area contributed by atoms with E-state index in [1.54, 1.807) is 11.0 Å². The number of carbonyl (C=O) groups excluding carboxylic acids is 2. The maximum absolute atomic E-state index is 15.3. The van der Waals surface area contributed by atoms with Crippen LogP contribution >= 0.6 is 0 Å². The standard InChI is InChI=1S/C36H47F5N2O4/c1-32(2,3)47-31(45)43-17-15-42(16-18-43)21-22-5-7-23(8-6-22)28-20-33(4)29(13-14-34(33,46)35(37,38)36(39,40)41)27-11-9-24-19-25(44)10-12-26(24)30(27)28/h5-8,19,26-30,46H,9-18,20-21H2,1-4H3/t26?,27?,28-,29?,30?,33+,34+/m1/s1. The van der Waals surface area contributed by atoms with Gasteiger partial charge in [-0.25, -0.2) is 4.79 Å². The van der Waals surface area contributed by atoms with E-state index in [1.807, 2.05) is 45.0 Å². The SMILES string of the molecule is CC(C)(C)OC(=O)N1CCN(Cc2ccc([C@H]3C[C@@]4(C)C(CC[C@@]4(O)C(F)(F)C(F)(F)F)C4CCC5=CC(=O)CCC5C43)cc2)CC1. The number of allylic oxidation sites excluding steroid dienone is 1. The lowest BCUT2D eigenvalue weighted by atomic mass is 9.46. The molecule has 5 aliphatic rings. The predicted octanol–water partition coefficient (Wildman–Crippen LogP) is 7.50. The van der Waals surface area contributed by atoms with Crippen molar-refractivity contribution in [2.24, 2.45) is 29.1 Å². The van der Waals surface area contributed by atoms with Gasteiger partial charge in [-0.15, -0.1) is 0 Å². The van der Waals surface area contributed by atoms with Crippen LogP contribution < -0.4 is 0 Å². The van der Waals surface area contributed by atoms with Crippen LogP contribution in [-0.4, -0.2) is 76.3 Å². The first-order chi connectivity index (χ1) is 21.8. The molecule has 4 fully saturated rings. The van der Waals surface area contributed by atoms with E-state index in [2.05, 4.69) is 4.90 Å². The van der Waals surface area contributed by atoms with Crippen molar-refractivity contribution in [1.29, 1.82) is 0 Å². The molecule has 0 aromatic heterocycles. The van der Waals surface area contributed by atoms with Gasteiger partial charge in [-0.3, -0.25) is 9.69 Å². The van der Waals surface area contributed by atoms with Gasteiger partial charge in [0.1, 0.15) is 11.2 Å². The van der Waals surface area contributed by atoms with Crippen LogP contribution in [0.5, 0.6) is 0 Å². The fraction of sp³-hybridized carbons (Fsp3) is 0.722. The Bertz CT molecular complexity index is 1400. The van der Waals surface area contributed by atoms with Gasteiger partial charge in [-0.1, -0.05) is 36.8 Å². The molecular formula is C36H47F5N2O4. The molecule has 3 saturated carbocycles. The normalized spacial score (nSPS) is 35.1. The lowest BCUT2D eigenvalue weighted by Crippen LogP contribution is -2.66. The molecule has 4 aliphatic carbocycles. The van der Waals surface area contributed by atoms with Gasteiger partial charge in [0.25, 0.3) is 0 Å². The number of ether oxygens (including phenoxy) is 1. The Morgan fingerprint density at radius 3 is 2.23 bits per heavy atom. The number of fused-ring (bicyclic) bond motifs is 5. The third kappa shape index (κ3) is 5.91. The van der Waals surface area contributed by atoms with Crippen LogP contribution in [0.4, 0.5) is 26.7 Å². The highest BCUT2D eigenvalue weighted by Crippen LogP contribution is 2.71. The Hall–Kier alpha value is -2.53. The zero-order valence-electron chi connectivity index (χ0n) is 27.7. The summed E-state index contributed by atoms with van der Waals surface area (Å²) >= 11 is 0. The molecule has 1 aromatic carbocycles. The number of ketones is 1. The number of carbonyl (C=O) groups is 2. The molecule has 0 radical (unpaired) electrons. The molecule has 1 aliphatic heterocycles. The van der Waals surface area contributed by atoms with Crippen LogP contribution in [-0.2, 0) is 16.1 Å². The van der Waals surface area contributed by atoms with Crippen molar-refractivity contribution in [2.45, 2.75) is 108 Å². The van der Waals surface area contributed by atoms with Crippen molar-refractivity contribution in [2.75, 3.05) is 26.2 Å². The van der Waals surface area contributed by atoms with Crippen molar-refractivity contribution in [3.05, 3.63) is 47.0 Å². The molecule has 1 saturated heterocycles. The van der Waals surface area contributed by atoms with E-state index in [9.17, 15) is 27.9 Å². The average molecular weight is 667 g/mol. The molecule has 6 nitrogen and oxygen atoms in total. The lowest BCUT2D eigenvalue weighted by Gasteiger charge is -2.59. The molecule has 11 heteroatoms. The van der Waals surface area contributed by atoms with Crippen LogP contribution in [0.1, 0.15) is 89.7 Å². The van der Waals surface area contributed by atoms with E-state index >= 15 is 8.78 Å². The number of piperazine rings is 1. The molecule has 1 heterocycles. The van der Waals surface area contributed by atoms with Gasteiger partial charge in [0.15, 0.2) is 5.78 Å². The Morgan fingerprint density at radius 2 is 1.62 bits per heavy atom. The van der Waals surface area contributed by atoms with Crippen molar-refractivity contribution in [3.63, 3.8) is 0 Å². The second-order valence-electron chi connectivity index (χ2n) is 15.9. The van der Waals surface area contributed by atoms with Gasteiger partial charge in [0.2, 0.25) is 0 Å². The number of amides is 1. The molecule has 0 bridgehead atoms. The zero-order valence-corrected chi connectivity index (χ0v) is 27.7. The van der Waals surface area contributed by atoms with Gasteiger partial charge in [0.05, 0.1) is 0 Å². The zero-order chi connectivity index (χ0) is 34.2. The van der Waals surface area contributed by atoms with Crippen molar-refractivity contribution < 1.29 is 41.4 Å². The average Bonchev–Trinajstić information content (AvgIpc) is 3.27. The van der Waals surface area contributed by atoms with Gasteiger partial charge in [-0.05, 0) is 106 Å². The largest absolute Gasteiger partial charge is 0.456 e. The minimum absolute atomic E-state index is 0.00480. The van der Waals surface area contributed by atoms with E-state index in [-0.39, 0.29) is 48.4 Å². The predicted molar refractivity (Wildman–Crippen MR) is 166 cm³/mol. The number of hydrogen-bond donors (Lipinski definition) is 1. The number of halogens is 5. The summed E-state index contributed by atoms with van der Waals surface area (Å²) in [6, 6.07) is 7.93. The molecule has 47 heavy (non-hydrogen) atoms. The van der Waals surface area contributed by atoms with Gasteiger partial charge < -0.3 is 14.7 Å². The second-order valence-corrected chi connectivity index (χ2v) is 15.9. The van der Waals surface area contributed by atoms with Gasteiger partial charge in [0, 0.05) is 44.6 Å². The Kier molecular flexibility index (Phi) is 8.63. The highest BCUT2D eigenvalue weighted by molar-refractivity contribution is 5.91. The number of rotatable bonds is 4. The van der Waals surface area contributed by atoms with Crippen LogP contribution in [0.25, 0.3) is 0 Å². The highest BCUT2D eigenvalue weighted by atomic mass is 19.4. The fourth-order valence-electron chi connectivity index (χ4n) is 9.95. The molecule has 1 aromatic rings. The Labute approximate surface area is 273 Å².